The summed E-state index contributed by atoms with van der Waals surface area (Å²) in [7, 11) is 0. The zero-order valence-corrected chi connectivity index (χ0v) is 9.27. The first-order valence-corrected chi connectivity index (χ1v) is 5.37. The number of aromatic nitrogens is 2. The molecule has 0 aromatic carbocycles. The van der Waals surface area contributed by atoms with Crippen molar-refractivity contribution in [3.05, 3.63) is 17.6 Å². The summed E-state index contributed by atoms with van der Waals surface area (Å²) in [6, 6.07) is 2.01. The third-order valence-electron chi connectivity index (χ3n) is 2.82. The molecular weight excluding hydrogens is 190 g/mol. The van der Waals surface area contributed by atoms with E-state index in [0.717, 1.165) is 36.8 Å². The average molecular weight is 207 g/mol. The first kappa shape index (κ1) is 10.4. The van der Waals surface area contributed by atoms with Crippen LogP contribution in [-0.4, -0.2) is 34.8 Å². The molecule has 4 heteroatoms. The van der Waals surface area contributed by atoms with Gasteiger partial charge in [-0.25, -0.2) is 9.97 Å². The summed E-state index contributed by atoms with van der Waals surface area (Å²) >= 11 is 0. The molecule has 0 amide bonds. The maximum Gasteiger partial charge on any atom is 0.132 e. The van der Waals surface area contributed by atoms with Crippen LogP contribution in [0.15, 0.2) is 6.07 Å². The molecule has 1 aliphatic rings. The van der Waals surface area contributed by atoms with Gasteiger partial charge in [-0.2, -0.15) is 0 Å². The molecule has 0 saturated carbocycles. The van der Waals surface area contributed by atoms with E-state index in [9.17, 15) is 0 Å². The Morgan fingerprint density at radius 2 is 2.27 bits per heavy atom. The zero-order chi connectivity index (χ0) is 10.8. The van der Waals surface area contributed by atoms with Crippen LogP contribution in [0.2, 0.25) is 0 Å². The first-order valence-electron chi connectivity index (χ1n) is 5.37. The summed E-state index contributed by atoms with van der Waals surface area (Å²) in [5.41, 5.74) is 1.00. The lowest BCUT2D eigenvalue weighted by molar-refractivity contribution is 0.238. The van der Waals surface area contributed by atoms with Gasteiger partial charge >= 0.3 is 0 Å². The maximum absolute atomic E-state index is 9.08. The molecule has 0 spiro atoms. The Kier molecular flexibility index (Phi) is 2.86. The zero-order valence-electron chi connectivity index (χ0n) is 9.27. The minimum Gasteiger partial charge on any atom is -0.396 e. The van der Waals surface area contributed by atoms with Crippen LogP contribution >= 0.6 is 0 Å². The van der Waals surface area contributed by atoms with Crippen molar-refractivity contribution in [1.29, 1.82) is 0 Å². The smallest absolute Gasteiger partial charge is 0.132 e. The van der Waals surface area contributed by atoms with Gasteiger partial charge in [-0.15, -0.1) is 0 Å². The standard InChI is InChI=1S/C11H17N3O/c1-8-5-11(13-9(2)12-8)14-4-3-10(6-14)7-15/h5,10,15H,3-4,6-7H2,1-2H3. The van der Waals surface area contributed by atoms with Gasteiger partial charge in [-0.3, -0.25) is 0 Å². The number of aliphatic hydroxyl groups is 1. The van der Waals surface area contributed by atoms with Crippen LogP contribution < -0.4 is 4.90 Å². The molecule has 15 heavy (non-hydrogen) atoms. The molecular formula is C11H17N3O. The summed E-state index contributed by atoms with van der Waals surface area (Å²) < 4.78 is 0. The number of hydrogen-bond donors (Lipinski definition) is 1. The van der Waals surface area contributed by atoms with Gasteiger partial charge in [-0.05, 0) is 20.3 Å². The van der Waals surface area contributed by atoms with Gasteiger partial charge in [0.1, 0.15) is 11.6 Å². The molecule has 1 fully saturated rings. The predicted molar refractivity (Wildman–Crippen MR) is 58.9 cm³/mol. The quantitative estimate of drug-likeness (QED) is 0.783. The predicted octanol–water partition coefficient (Wildman–Crippen LogP) is 0.912. The number of rotatable bonds is 2. The second-order valence-corrected chi connectivity index (χ2v) is 4.20. The van der Waals surface area contributed by atoms with Crippen LogP contribution in [0, 0.1) is 19.8 Å². The van der Waals surface area contributed by atoms with E-state index in [0.29, 0.717) is 5.92 Å². The highest BCUT2D eigenvalue weighted by Gasteiger charge is 2.22. The van der Waals surface area contributed by atoms with Crippen molar-refractivity contribution in [2.45, 2.75) is 20.3 Å². The Morgan fingerprint density at radius 3 is 2.87 bits per heavy atom. The van der Waals surface area contributed by atoms with Crippen molar-refractivity contribution in [1.82, 2.24) is 9.97 Å². The number of aliphatic hydroxyl groups excluding tert-OH is 1. The maximum atomic E-state index is 9.08. The van der Waals surface area contributed by atoms with E-state index in [2.05, 4.69) is 14.9 Å². The fourth-order valence-electron chi connectivity index (χ4n) is 2.05. The summed E-state index contributed by atoms with van der Waals surface area (Å²) in [4.78, 5) is 10.9. The van der Waals surface area contributed by atoms with Crippen molar-refractivity contribution in [2.75, 3.05) is 24.6 Å². The van der Waals surface area contributed by atoms with Crippen molar-refractivity contribution < 1.29 is 5.11 Å². The fourth-order valence-corrected chi connectivity index (χ4v) is 2.05. The van der Waals surface area contributed by atoms with E-state index in [1.807, 2.05) is 19.9 Å². The summed E-state index contributed by atoms with van der Waals surface area (Å²) in [5.74, 6) is 2.22. The second-order valence-electron chi connectivity index (χ2n) is 4.20. The van der Waals surface area contributed by atoms with Crippen LogP contribution in [0.5, 0.6) is 0 Å². The van der Waals surface area contributed by atoms with Gasteiger partial charge in [0.15, 0.2) is 0 Å². The van der Waals surface area contributed by atoms with Gasteiger partial charge in [0, 0.05) is 37.4 Å². The van der Waals surface area contributed by atoms with Crippen LogP contribution in [0.4, 0.5) is 5.82 Å². The molecule has 1 aromatic heterocycles. The van der Waals surface area contributed by atoms with Crippen LogP contribution in [-0.2, 0) is 0 Å². The molecule has 1 N–H and O–H groups in total. The number of aryl methyl sites for hydroxylation is 2. The minimum atomic E-state index is 0.277. The Bertz CT molecular complexity index is 333. The highest BCUT2D eigenvalue weighted by Crippen LogP contribution is 2.22. The molecule has 1 aliphatic heterocycles. The summed E-state index contributed by atoms with van der Waals surface area (Å²) in [6.07, 6.45) is 1.05. The molecule has 0 aliphatic carbocycles. The molecule has 1 aromatic rings. The number of nitrogens with zero attached hydrogens (tertiary/aromatic N) is 3. The van der Waals surface area contributed by atoms with Crippen molar-refractivity contribution >= 4 is 5.82 Å². The van der Waals surface area contributed by atoms with Gasteiger partial charge in [0.25, 0.3) is 0 Å². The monoisotopic (exact) mass is 207 g/mol. The lowest BCUT2D eigenvalue weighted by Crippen LogP contribution is -2.22. The Balaban J connectivity index is 2.16. The van der Waals surface area contributed by atoms with E-state index in [1.165, 1.54) is 0 Å². The molecule has 0 bridgehead atoms. The lowest BCUT2D eigenvalue weighted by Gasteiger charge is -2.17. The average Bonchev–Trinajstić information content (AvgIpc) is 2.64. The lowest BCUT2D eigenvalue weighted by atomic mass is 10.1. The van der Waals surface area contributed by atoms with Gasteiger partial charge < -0.3 is 10.0 Å². The van der Waals surface area contributed by atoms with E-state index < -0.39 is 0 Å². The number of hydrogen-bond acceptors (Lipinski definition) is 4. The highest BCUT2D eigenvalue weighted by atomic mass is 16.3. The van der Waals surface area contributed by atoms with Gasteiger partial charge in [0.2, 0.25) is 0 Å². The summed E-state index contributed by atoms with van der Waals surface area (Å²) in [5, 5.41) is 9.08. The van der Waals surface area contributed by atoms with Gasteiger partial charge in [0.05, 0.1) is 0 Å². The van der Waals surface area contributed by atoms with E-state index in [4.69, 9.17) is 5.11 Å². The molecule has 1 unspecified atom stereocenters. The largest absolute Gasteiger partial charge is 0.396 e. The normalized spacial score (nSPS) is 21.0. The highest BCUT2D eigenvalue weighted by molar-refractivity contribution is 5.40. The Labute approximate surface area is 90.0 Å². The van der Waals surface area contributed by atoms with Crippen LogP contribution in [0.1, 0.15) is 17.9 Å². The third-order valence-corrected chi connectivity index (χ3v) is 2.82. The molecule has 1 atom stereocenters. The SMILES string of the molecule is Cc1cc(N2CCC(CO)C2)nc(C)n1. The third kappa shape index (κ3) is 2.26. The molecule has 82 valence electrons. The Morgan fingerprint density at radius 1 is 1.47 bits per heavy atom. The van der Waals surface area contributed by atoms with Crippen LogP contribution in [0.3, 0.4) is 0 Å². The van der Waals surface area contributed by atoms with Crippen molar-refractivity contribution in [3.8, 4) is 0 Å². The topological polar surface area (TPSA) is 49.2 Å². The van der Waals surface area contributed by atoms with Gasteiger partial charge in [-0.1, -0.05) is 0 Å². The van der Waals surface area contributed by atoms with Crippen molar-refractivity contribution in [3.63, 3.8) is 0 Å². The van der Waals surface area contributed by atoms with E-state index in [-0.39, 0.29) is 6.61 Å². The minimum absolute atomic E-state index is 0.277. The Hall–Kier alpha value is -1.16. The molecule has 2 heterocycles. The second kappa shape index (κ2) is 4.14. The first-order chi connectivity index (χ1) is 7.19. The summed E-state index contributed by atoms with van der Waals surface area (Å²) in [6.45, 7) is 6.07. The fraction of sp³-hybridized carbons (Fsp3) is 0.636. The molecule has 1 saturated heterocycles. The molecule has 2 rings (SSSR count). The molecule has 0 radical (unpaired) electrons. The van der Waals surface area contributed by atoms with Crippen molar-refractivity contribution in [2.24, 2.45) is 5.92 Å². The van der Waals surface area contributed by atoms with Crippen LogP contribution in [0.25, 0.3) is 0 Å². The van der Waals surface area contributed by atoms with E-state index in [1.54, 1.807) is 0 Å². The number of anilines is 1. The van der Waals surface area contributed by atoms with E-state index >= 15 is 0 Å². The molecule has 4 nitrogen and oxygen atoms in total.